The minimum Gasteiger partial charge on any atom is -0.258 e. The van der Waals surface area contributed by atoms with Gasteiger partial charge in [-0.2, -0.15) is 9.61 Å². The van der Waals surface area contributed by atoms with Gasteiger partial charge in [-0.05, 0) is 12.1 Å². The maximum absolute atomic E-state index is 11.9. The van der Waals surface area contributed by atoms with Gasteiger partial charge >= 0.3 is 11.2 Å². The molecule has 0 aliphatic carbocycles. The van der Waals surface area contributed by atoms with Crippen molar-refractivity contribution >= 4 is 11.3 Å². The van der Waals surface area contributed by atoms with Crippen LogP contribution in [0.4, 0.5) is 5.69 Å². The van der Waals surface area contributed by atoms with E-state index >= 15 is 0 Å². The van der Waals surface area contributed by atoms with Gasteiger partial charge in [0, 0.05) is 5.56 Å². The Balaban J connectivity index is 2.29. The molecule has 0 saturated carbocycles. The molecule has 6 nitrogen and oxygen atoms in total. The van der Waals surface area contributed by atoms with E-state index in [0.717, 1.165) is 10.1 Å². The first-order valence-electron chi connectivity index (χ1n) is 5.59. The second-order valence-corrected chi connectivity index (χ2v) is 3.90. The zero-order chi connectivity index (χ0) is 13.2. The molecule has 0 spiro atoms. The van der Waals surface area contributed by atoms with Gasteiger partial charge in [0.15, 0.2) is 10.6 Å². The molecule has 0 aliphatic heterocycles. The van der Waals surface area contributed by atoms with Crippen molar-refractivity contribution < 1.29 is 0 Å². The Bertz CT molecular complexity index is 848. The lowest BCUT2D eigenvalue weighted by molar-refractivity contribution is 0.876. The average molecular weight is 250 g/mol. The summed E-state index contributed by atoms with van der Waals surface area (Å²) in [6.07, 6.45) is 1.21. The lowest BCUT2D eigenvalue weighted by atomic mass is 10.1. The van der Waals surface area contributed by atoms with Gasteiger partial charge in [0.2, 0.25) is 5.39 Å². The number of aromatic nitrogens is 3. The van der Waals surface area contributed by atoms with Crippen LogP contribution in [0.5, 0.6) is 0 Å². The minimum absolute atomic E-state index is 0.143. The molecule has 19 heavy (non-hydrogen) atoms. The van der Waals surface area contributed by atoms with Gasteiger partial charge in [-0.3, -0.25) is 4.79 Å². The summed E-state index contributed by atoms with van der Waals surface area (Å²) < 4.78 is 1.12. The fraction of sp³-hybridized carbons (Fsp3) is 0. The van der Waals surface area contributed by atoms with Crippen molar-refractivity contribution in [2.45, 2.75) is 0 Å². The van der Waals surface area contributed by atoms with Crippen LogP contribution < -0.4 is 5.56 Å². The van der Waals surface area contributed by atoms with Crippen LogP contribution in [0.1, 0.15) is 0 Å². The first-order chi connectivity index (χ1) is 9.29. The normalized spacial score (nSPS) is 10.3. The molecule has 6 heteroatoms. The molecule has 3 aromatic rings. The highest BCUT2D eigenvalue weighted by atomic mass is 16.1. The molecular formula is C13H8N5O+. The average Bonchev–Trinajstić information content (AvgIpc) is 2.48. The largest absolute Gasteiger partial charge is 0.469 e. The lowest BCUT2D eigenvalue weighted by Crippen LogP contribution is -2.16. The minimum atomic E-state index is -0.509. The van der Waals surface area contributed by atoms with Gasteiger partial charge in [-0.15, -0.1) is 0 Å². The standard InChI is InChI=1S/C13H8N5O/c14-16-11-8-15-12-7-6-10(17-18(12)13(11)19)9-4-2-1-3-5-9/h1-8H/q+1. The first-order valence-corrected chi connectivity index (χ1v) is 5.59. The number of benzene rings is 1. The Labute approximate surface area is 107 Å². The smallest absolute Gasteiger partial charge is 0.258 e. The third-order valence-electron chi connectivity index (χ3n) is 2.72. The molecule has 3 rings (SSSR count). The van der Waals surface area contributed by atoms with Gasteiger partial charge in [-0.25, -0.2) is 4.98 Å². The number of nitrogens with zero attached hydrogens (tertiary/aromatic N) is 5. The van der Waals surface area contributed by atoms with E-state index in [0.29, 0.717) is 11.3 Å². The zero-order valence-corrected chi connectivity index (χ0v) is 9.76. The SMILES string of the molecule is N#[N+]c1cnc2ccc(-c3ccccc3)nn2c1=O. The molecule has 90 valence electrons. The summed E-state index contributed by atoms with van der Waals surface area (Å²) in [6, 6.07) is 13.0. The van der Waals surface area contributed by atoms with Gasteiger partial charge in [0.25, 0.3) is 0 Å². The van der Waals surface area contributed by atoms with Crippen molar-refractivity contribution in [1.82, 2.24) is 14.6 Å². The Morgan fingerprint density at radius 3 is 2.63 bits per heavy atom. The van der Waals surface area contributed by atoms with E-state index in [1.807, 2.05) is 30.3 Å². The van der Waals surface area contributed by atoms with E-state index in [-0.39, 0.29) is 5.69 Å². The van der Waals surface area contributed by atoms with Crippen LogP contribution in [0.15, 0.2) is 53.5 Å². The van der Waals surface area contributed by atoms with E-state index in [1.165, 1.54) is 6.20 Å². The quantitative estimate of drug-likeness (QED) is 0.620. The first kappa shape index (κ1) is 11.0. The monoisotopic (exact) mass is 250 g/mol. The Kier molecular flexibility index (Phi) is 2.50. The van der Waals surface area contributed by atoms with Crippen molar-refractivity contribution in [1.29, 1.82) is 5.39 Å². The molecule has 0 fully saturated rings. The predicted octanol–water partition coefficient (Wildman–Crippen LogP) is 2.24. The summed E-state index contributed by atoms with van der Waals surface area (Å²) in [5.41, 5.74) is 1.28. The molecule has 2 aromatic heterocycles. The molecule has 0 amide bonds. The second kappa shape index (κ2) is 4.31. The molecule has 1 aromatic carbocycles. The molecule has 0 N–H and O–H groups in total. The molecule has 0 unspecified atom stereocenters. The molecule has 0 aliphatic rings. The van der Waals surface area contributed by atoms with Crippen LogP contribution >= 0.6 is 0 Å². The highest BCUT2D eigenvalue weighted by molar-refractivity contribution is 5.60. The topological polar surface area (TPSA) is 75.4 Å². The Morgan fingerprint density at radius 1 is 1.11 bits per heavy atom. The number of hydrogen-bond donors (Lipinski definition) is 0. The predicted molar refractivity (Wildman–Crippen MR) is 69.4 cm³/mol. The van der Waals surface area contributed by atoms with Crippen LogP contribution in [-0.2, 0) is 0 Å². The fourth-order valence-electron chi connectivity index (χ4n) is 1.79. The van der Waals surface area contributed by atoms with Crippen molar-refractivity contribution in [3.8, 4) is 11.3 Å². The van der Waals surface area contributed by atoms with Crippen molar-refractivity contribution in [3.63, 3.8) is 0 Å². The van der Waals surface area contributed by atoms with E-state index in [9.17, 15) is 4.79 Å². The molecule has 0 atom stereocenters. The van der Waals surface area contributed by atoms with Crippen molar-refractivity contribution in [3.05, 3.63) is 64.0 Å². The maximum Gasteiger partial charge on any atom is 0.469 e. The highest BCUT2D eigenvalue weighted by Crippen LogP contribution is 2.16. The number of fused-ring (bicyclic) bond motifs is 1. The number of rotatable bonds is 1. The number of diazo groups is 1. The second-order valence-electron chi connectivity index (χ2n) is 3.90. The number of hydrogen-bond acceptors (Lipinski definition) is 4. The summed E-state index contributed by atoms with van der Waals surface area (Å²) in [6.45, 7) is 0. The Morgan fingerprint density at radius 2 is 1.89 bits per heavy atom. The third kappa shape index (κ3) is 1.83. The zero-order valence-electron chi connectivity index (χ0n) is 9.76. The summed E-state index contributed by atoms with van der Waals surface area (Å²) in [7, 11) is 0. The van der Waals surface area contributed by atoms with Crippen LogP contribution in [0.25, 0.3) is 21.9 Å². The van der Waals surface area contributed by atoms with Crippen molar-refractivity contribution in [2.24, 2.45) is 0 Å². The highest BCUT2D eigenvalue weighted by Gasteiger charge is 2.16. The van der Waals surface area contributed by atoms with Gasteiger partial charge in [0.05, 0.1) is 5.69 Å². The van der Waals surface area contributed by atoms with Crippen LogP contribution in [0, 0.1) is 5.39 Å². The molecule has 0 radical (unpaired) electrons. The summed E-state index contributed by atoms with van der Waals surface area (Å²) in [5, 5.41) is 12.9. The van der Waals surface area contributed by atoms with Crippen LogP contribution in [0.2, 0.25) is 0 Å². The summed E-state index contributed by atoms with van der Waals surface area (Å²) in [4.78, 5) is 18.8. The van der Waals surface area contributed by atoms with Crippen LogP contribution in [-0.4, -0.2) is 14.6 Å². The van der Waals surface area contributed by atoms with Gasteiger partial charge in [0.1, 0.15) is 6.20 Å². The van der Waals surface area contributed by atoms with Gasteiger partial charge in [-0.1, -0.05) is 30.3 Å². The summed E-state index contributed by atoms with van der Waals surface area (Å²) in [5.74, 6) is 0. The fourth-order valence-corrected chi connectivity index (χ4v) is 1.79. The van der Waals surface area contributed by atoms with Gasteiger partial charge < -0.3 is 0 Å². The van der Waals surface area contributed by atoms with E-state index < -0.39 is 5.56 Å². The molecule has 2 heterocycles. The Hall–Kier alpha value is -3.07. The van der Waals surface area contributed by atoms with E-state index in [2.05, 4.69) is 15.1 Å². The van der Waals surface area contributed by atoms with E-state index in [1.54, 1.807) is 12.1 Å². The third-order valence-corrected chi connectivity index (χ3v) is 2.72. The van der Waals surface area contributed by atoms with Crippen molar-refractivity contribution in [2.75, 3.05) is 0 Å². The summed E-state index contributed by atoms with van der Waals surface area (Å²) >= 11 is 0. The molecule has 0 saturated heterocycles. The van der Waals surface area contributed by atoms with E-state index in [4.69, 9.17) is 5.39 Å². The molecule has 0 bridgehead atoms. The maximum atomic E-state index is 11.9. The van der Waals surface area contributed by atoms with Crippen LogP contribution in [0.3, 0.4) is 0 Å². The lowest BCUT2D eigenvalue weighted by Gasteiger charge is -2.02. The molecular weight excluding hydrogens is 242 g/mol.